The molecule has 0 saturated carbocycles. The molecule has 1 unspecified atom stereocenters. The van der Waals surface area contributed by atoms with Crippen molar-refractivity contribution in [3.05, 3.63) is 63.9 Å². The van der Waals surface area contributed by atoms with Gasteiger partial charge in [0.1, 0.15) is 5.75 Å². The number of rotatable bonds is 8. The van der Waals surface area contributed by atoms with Gasteiger partial charge in [-0.25, -0.2) is 4.98 Å². The van der Waals surface area contributed by atoms with Crippen molar-refractivity contribution in [2.24, 2.45) is 0 Å². The Hall–Kier alpha value is -3.36. The van der Waals surface area contributed by atoms with E-state index >= 15 is 0 Å². The summed E-state index contributed by atoms with van der Waals surface area (Å²) in [6, 6.07) is 1.68. The summed E-state index contributed by atoms with van der Waals surface area (Å²) in [5, 5.41) is 15.0. The normalized spacial score (nSPS) is 12.3. The van der Waals surface area contributed by atoms with Gasteiger partial charge in [-0.05, 0) is 32.4 Å². The Morgan fingerprint density at radius 1 is 1.33 bits per heavy atom. The molecule has 30 heavy (non-hydrogen) atoms. The number of nitrogens with one attached hydrogen (secondary N) is 1. The number of ether oxygens (including phenoxy) is 1. The predicted molar refractivity (Wildman–Crippen MR) is 110 cm³/mol. The topological polar surface area (TPSA) is 115 Å². The molecule has 0 fully saturated rings. The molecule has 0 aliphatic carbocycles. The first-order chi connectivity index (χ1) is 14.3. The standard InChI is InChI=1S/C21H27N5O4/c1-13(2)26-11-15(9-24-26)17(8-19(28)30-4)20-18(27)7-14(3)25(21(20)29)6-5-16-10-22-12-23-16/h7,9-13,17,27H,5-6,8H2,1-4H3,(H,22,23). The number of methoxy groups -OCH3 is 1. The minimum atomic E-state index is -0.670. The highest BCUT2D eigenvalue weighted by Gasteiger charge is 2.27. The Morgan fingerprint density at radius 3 is 2.70 bits per heavy atom. The highest BCUT2D eigenvalue weighted by molar-refractivity contribution is 5.71. The van der Waals surface area contributed by atoms with E-state index in [1.54, 1.807) is 47.2 Å². The van der Waals surface area contributed by atoms with Gasteiger partial charge in [0.15, 0.2) is 0 Å². The van der Waals surface area contributed by atoms with E-state index in [1.807, 2.05) is 13.8 Å². The van der Waals surface area contributed by atoms with Crippen molar-refractivity contribution in [3.8, 4) is 5.75 Å². The molecular weight excluding hydrogens is 386 g/mol. The highest BCUT2D eigenvalue weighted by Crippen LogP contribution is 2.32. The van der Waals surface area contributed by atoms with Crippen molar-refractivity contribution < 1.29 is 14.6 Å². The van der Waals surface area contributed by atoms with Crippen LogP contribution in [-0.2, 0) is 22.5 Å². The molecule has 160 valence electrons. The lowest BCUT2D eigenvalue weighted by molar-refractivity contribution is -0.140. The quantitative estimate of drug-likeness (QED) is 0.548. The number of nitrogens with zero attached hydrogens (tertiary/aromatic N) is 4. The third-order valence-electron chi connectivity index (χ3n) is 5.18. The number of aryl methyl sites for hydroxylation is 2. The number of hydrogen-bond donors (Lipinski definition) is 2. The number of aromatic hydroxyl groups is 1. The summed E-state index contributed by atoms with van der Waals surface area (Å²) in [6.45, 7) is 6.15. The predicted octanol–water partition coefficient (Wildman–Crippen LogP) is 2.30. The van der Waals surface area contributed by atoms with Crippen molar-refractivity contribution in [2.75, 3.05) is 7.11 Å². The van der Waals surface area contributed by atoms with E-state index in [0.717, 1.165) is 5.69 Å². The number of aromatic nitrogens is 5. The first-order valence-electron chi connectivity index (χ1n) is 9.83. The van der Waals surface area contributed by atoms with Crippen molar-refractivity contribution in [3.63, 3.8) is 0 Å². The molecule has 1 atom stereocenters. The SMILES string of the molecule is COC(=O)CC(c1cnn(C(C)C)c1)c1c(O)cc(C)n(CCc2cnc[nH]2)c1=O. The largest absolute Gasteiger partial charge is 0.507 e. The molecule has 3 aromatic rings. The van der Waals surface area contributed by atoms with Crippen LogP contribution in [0.25, 0.3) is 0 Å². The summed E-state index contributed by atoms with van der Waals surface area (Å²) in [4.78, 5) is 32.5. The van der Waals surface area contributed by atoms with Crippen molar-refractivity contribution in [1.29, 1.82) is 0 Å². The maximum atomic E-state index is 13.4. The van der Waals surface area contributed by atoms with E-state index in [2.05, 4.69) is 15.1 Å². The van der Waals surface area contributed by atoms with Crippen LogP contribution < -0.4 is 5.56 Å². The lowest BCUT2D eigenvalue weighted by Crippen LogP contribution is -2.29. The number of aromatic amines is 1. The molecule has 9 heteroatoms. The van der Waals surface area contributed by atoms with Gasteiger partial charge in [0.25, 0.3) is 5.56 Å². The molecule has 0 bridgehead atoms. The number of H-pyrrole nitrogens is 1. The van der Waals surface area contributed by atoms with Gasteiger partial charge in [0.05, 0.1) is 31.6 Å². The van der Waals surface area contributed by atoms with E-state index in [-0.39, 0.29) is 29.3 Å². The monoisotopic (exact) mass is 413 g/mol. The fourth-order valence-corrected chi connectivity index (χ4v) is 3.48. The van der Waals surface area contributed by atoms with Crippen LogP contribution >= 0.6 is 0 Å². The maximum absolute atomic E-state index is 13.4. The molecule has 3 aromatic heterocycles. The smallest absolute Gasteiger partial charge is 0.306 e. The zero-order valence-electron chi connectivity index (χ0n) is 17.6. The molecule has 9 nitrogen and oxygen atoms in total. The average Bonchev–Trinajstić information content (AvgIpc) is 3.38. The number of pyridine rings is 1. The van der Waals surface area contributed by atoms with Crippen molar-refractivity contribution in [1.82, 2.24) is 24.3 Å². The van der Waals surface area contributed by atoms with E-state index in [9.17, 15) is 14.7 Å². The number of carbonyl (C=O) groups excluding carboxylic acids is 1. The molecule has 0 spiro atoms. The van der Waals surface area contributed by atoms with E-state index in [0.29, 0.717) is 24.2 Å². The second-order valence-electron chi connectivity index (χ2n) is 7.55. The summed E-state index contributed by atoms with van der Waals surface area (Å²) in [7, 11) is 1.30. The third-order valence-corrected chi connectivity index (χ3v) is 5.18. The van der Waals surface area contributed by atoms with E-state index in [1.165, 1.54) is 7.11 Å². The molecular formula is C21H27N5O4. The van der Waals surface area contributed by atoms with Crippen LogP contribution in [0.1, 0.15) is 54.7 Å². The third kappa shape index (κ3) is 4.45. The maximum Gasteiger partial charge on any atom is 0.306 e. The van der Waals surface area contributed by atoms with Crippen molar-refractivity contribution >= 4 is 5.97 Å². The van der Waals surface area contributed by atoms with Crippen LogP contribution in [0.3, 0.4) is 0 Å². The van der Waals surface area contributed by atoms with Crippen LogP contribution in [0.4, 0.5) is 0 Å². The number of esters is 1. The van der Waals surface area contributed by atoms with Gasteiger partial charge in [0, 0.05) is 48.7 Å². The molecule has 2 N–H and O–H groups in total. The Labute approximate surface area is 174 Å². The van der Waals surface area contributed by atoms with Gasteiger partial charge in [-0.2, -0.15) is 5.10 Å². The van der Waals surface area contributed by atoms with Crippen LogP contribution in [0.15, 0.2) is 35.8 Å². The van der Waals surface area contributed by atoms with Gasteiger partial charge < -0.3 is 19.4 Å². The first kappa shape index (κ1) is 21.4. The summed E-state index contributed by atoms with van der Waals surface area (Å²) >= 11 is 0. The van der Waals surface area contributed by atoms with Crippen LogP contribution in [0, 0.1) is 6.92 Å². The Balaban J connectivity index is 2.05. The summed E-state index contributed by atoms with van der Waals surface area (Å²) in [5.74, 6) is -1.28. The molecule has 0 aliphatic heterocycles. The Morgan fingerprint density at radius 2 is 2.10 bits per heavy atom. The minimum absolute atomic E-state index is 0.0767. The van der Waals surface area contributed by atoms with Gasteiger partial charge in [-0.3, -0.25) is 14.3 Å². The molecule has 0 aliphatic rings. The zero-order valence-corrected chi connectivity index (χ0v) is 17.6. The summed E-state index contributed by atoms with van der Waals surface area (Å²) < 4.78 is 8.20. The number of hydrogen-bond acceptors (Lipinski definition) is 6. The number of imidazole rings is 1. The van der Waals surface area contributed by atoms with Crippen LogP contribution in [0.2, 0.25) is 0 Å². The zero-order chi connectivity index (χ0) is 21.8. The van der Waals surface area contributed by atoms with Gasteiger partial charge >= 0.3 is 5.97 Å². The first-order valence-corrected chi connectivity index (χ1v) is 9.83. The fraction of sp³-hybridized carbons (Fsp3) is 0.429. The van der Waals surface area contributed by atoms with E-state index in [4.69, 9.17) is 4.74 Å². The number of carbonyl (C=O) groups is 1. The van der Waals surface area contributed by atoms with Crippen LogP contribution in [-0.4, -0.2) is 42.5 Å². The second kappa shape index (κ2) is 8.98. The van der Waals surface area contributed by atoms with Crippen molar-refractivity contribution in [2.45, 2.75) is 52.1 Å². The van der Waals surface area contributed by atoms with Gasteiger partial charge in [0.2, 0.25) is 0 Å². The second-order valence-corrected chi connectivity index (χ2v) is 7.55. The lowest BCUT2D eigenvalue weighted by Gasteiger charge is -2.19. The van der Waals surface area contributed by atoms with E-state index < -0.39 is 11.9 Å². The molecule has 0 aromatic carbocycles. The summed E-state index contributed by atoms with van der Waals surface area (Å²) in [5.41, 5.74) is 2.04. The average molecular weight is 413 g/mol. The Bertz CT molecular complexity index is 1070. The lowest BCUT2D eigenvalue weighted by atomic mass is 9.90. The Kier molecular flexibility index (Phi) is 6.39. The summed E-state index contributed by atoms with van der Waals surface area (Å²) in [6.07, 6.45) is 7.23. The van der Waals surface area contributed by atoms with Crippen LogP contribution in [0.5, 0.6) is 5.75 Å². The molecule has 3 heterocycles. The fourth-order valence-electron chi connectivity index (χ4n) is 3.48. The van der Waals surface area contributed by atoms with Gasteiger partial charge in [-0.1, -0.05) is 0 Å². The molecule has 0 amide bonds. The highest BCUT2D eigenvalue weighted by atomic mass is 16.5. The van der Waals surface area contributed by atoms with Gasteiger partial charge in [-0.15, -0.1) is 0 Å². The molecule has 0 radical (unpaired) electrons. The minimum Gasteiger partial charge on any atom is -0.507 e. The molecule has 3 rings (SSSR count). The molecule has 0 saturated heterocycles.